The molecule has 2 aromatic carbocycles. The van der Waals surface area contributed by atoms with Crippen molar-refractivity contribution in [1.82, 2.24) is 14.9 Å². The van der Waals surface area contributed by atoms with E-state index in [0.29, 0.717) is 33.9 Å². The molecule has 5 nitrogen and oxygen atoms in total. The Morgan fingerprint density at radius 3 is 2.81 bits per heavy atom. The van der Waals surface area contributed by atoms with Crippen LogP contribution in [0.25, 0.3) is 22.3 Å². The second-order valence-corrected chi connectivity index (χ2v) is 7.88. The topological polar surface area (TPSA) is 64.0 Å². The van der Waals surface area contributed by atoms with Gasteiger partial charge < -0.3 is 5.32 Å². The van der Waals surface area contributed by atoms with E-state index in [1.165, 1.54) is 4.57 Å². The zero-order valence-electron chi connectivity index (χ0n) is 14.8. The smallest absolute Gasteiger partial charge is 0.262 e. The van der Waals surface area contributed by atoms with Crippen LogP contribution in [0.5, 0.6) is 0 Å². The maximum Gasteiger partial charge on any atom is 0.262 e. The lowest BCUT2D eigenvalue weighted by Crippen LogP contribution is -2.34. The number of carbonyl (C=O) groups is 1. The van der Waals surface area contributed by atoms with Gasteiger partial charge in [0.1, 0.15) is 12.4 Å². The molecule has 1 amide bonds. The Balaban J connectivity index is 2.12. The van der Waals surface area contributed by atoms with Gasteiger partial charge in [-0.05, 0) is 59.3 Å². The summed E-state index contributed by atoms with van der Waals surface area (Å²) in [6.45, 7) is 2.57. The van der Waals surface area contributed by atoms with Crippen LogP contribution in [-0.4, -0.2) is 22.0 Å². The first kappa shape index (κ1) is 19.8. The van der Waals surface area contributed by atoms with Crippen LogP contribution in [0.15, 0.2) is 47.3 Å². The Labute approximate surface area is 175 Å². The molecule has 0 fully saturated rings. The number of nitrogens with one attached hydrogen (secondary N) is 1. The van der Waals surface area contributed by atoms with E-state index in [-0.39, 0.29) is 18.0 Å². The summed E-state index contributed by atoms with van der Waals surface area (Å²) in [5, 5.41) is 3.89. The molecule has 3 aromatic rings. The maximum atomic E-state index is 13.1. The van der Waals surface area contributed by atoms with Crippen molar-refractivity contribution in [2.45, 2.75) is 26.3 Å². The number of hydrogen-bond acceptors (Lipinski definition) is 3. The van der Waals surface area contributed by atoms with E-state index in [2.05, 4.69) is 39.8 Å². The molecule has 0 radical (unpaired) electrons. The van der Waals surface area contributed by atoms with Crippen molar-refractivity contribution in [2.24, 2.45) is 0 Å². The van der Waals surface area contributed by atoms with Gasteiger partial charge in [-0.2, -0.15) is 0 Å². The molecule has 0 bridgehead atoms. The van der Waals surface area contributed by atoms with Gasteiger partial charge in [0, 0.05) is 20.7 Å². The summed E-state index contributed by atoms with van der Waals surface area (Å²) in [5.41, 5.74) is 1.05. The minimum atomic E-state index is -0.237. The van der Waals surface area contributed by atoms with Gasteiger partial charge in [0.2, 0.25) is 5.91 Å². The van der Waals surface area contributed by atoms with Gasteiger partial charge in [0.05, 0.1) is 10.9 Å². The first-order valence-electron chi connectivity index (χ1n) is 8.72. The van der Waals surface area contributed by atoms with Gasteiger partial charge in [-0.1, -0.05) is 37.1 Å². The molecule has 0 aliphatic rings. The van der Waals surface area contributed by atoms with Crippen LogP contribution in [0.3, 0.4) is 0 Å². The normalized spacial score (nSPS) is 10.9. The Bertz CT molecular complexity index is 1050. The van der Waals surface area contributed by atoms with Crippen LogP contribution in [0, 0.1) is 3.57 Å². The van der Waals surface area contributed by atoms with E-state index in [1.807, 2.05) is 18.2 Å². The van der Waals surface area contributed by atoms with Crippen molar-refractivity contribution in [3.05, 3.63) is 61.4 Å². The van der Waals surface area contributed by atoms with Crippen molar-refractivity contribution >= 4 is 51.0 Å². The summed E-state index contributed by atoms with van der Waals surface area (Å²) in [6.07, 6.45) is 1.89. The van der Waals surface area contributed by atoms with Gasteiger partial charge >= 0.3 is 0 Å². The number of halogens is 2. The maximum absolute atomic E-state index is 13.1. The van der Waals surface area contributed by atoms with Crippen molar-refractivity contribution in [3.8, 4) is 11.4 Å². The second kappa shape index (κ2) is 8.84. The summed E-state index contributed by atoms with van der Waals surface area (Å²) < 4.78 is 2.36. The molecule has 0 aliphatic heterocycles. The number of unbranched alkanes of at least 4 members (excludes halogenated alkanes) is 1. The monoisotopic (exact) mass is 495 g/mol. The fraction of sp³-hybridized carbons (Fsp3) is 0.250. The van der Waals surface area contributed by atoms with Crippen LogP contribution in [0.2, 0.25) is 5.02 Å². The Kier molecular flexibility index (Phi) is 6.49. The molecular formula is C20H19ClIN3O2. The van der Waals surface area contributed by atoms with E-state index in [0.717, 1.165) is 16.4 Å². The minimum Gasteiger partial charge on any atom is -0.355 e. The molecule has 7 heteroatoms. The first-order valence-corrected chi connectivity index (χ1v) is 10.2. The number of benzene rings is 2. The third kappa shape index (κ3) is 4.68. The number of fused-ring (bicyclic) bond motifs is 1. The number of amides is 1. The molecular weight excluding hydrogens is 477 g/mol. The van der Waals surface area contributed by atoms with E-state index in [4.69, 9.17) is 11.6 Å². The highest BCUT2D eigenvalue weighted by Crippen LogP contribution is 2.23. The van der Waals surface area contributed by atoms with Crippen LogP contribution in [0.4, 0.5) is 0 Å². The molecule has 0 atom stereocenters. The minimum absolute atomic E-state index is 0.0845. The average Bonchev–Trinajstić information content (AvgIpc) is 2.64. The van der Waals surface area contributed by atoms with Gasteiger partial charge in [-0.15, -0.1) is 0 Å². The van der Waals surface area contributed by atoms with E-state index in [9.17, 15) is 9.59 Å². The van der Waals surface area contributed by atoms with Crippen LogP contribution < -0.4 is 10.9 Å². The Morgan fingerprint density at radius 1 is 1.26 bits per heavy atom. The third-order valence-corrected chi connectivity index (χ3v) is 5.06. The third-order valence-electron chi connectivity index (χ3n) is 4.15. The predicted molar refractivity (Wildman–Crippen MR) is 117 cm³/mol. The number of hydrogen-bond donors (Lipinski definition) is 1. The van der Waals surface area contributed by atoms with Crippen molar-refractivity contribution in [2.75, 3.05) is 6.54 Å². The summed E-state index contributed by atoms with van der Waals surface area (Å²) in [7, 11) is 0. The summed E-state index contributed by atoms with van der Waals surface area (Å²) in [4.78, 5) is 30.2. The molecule has 27 heavy (non-hydrogen) atoms. The molecule has 1 N–H and O–H groups in total. The molecule has 0 saturated carbocycles. The predicted octanol–water partition coefficient (Wildman–Crippen LogP) is 4.24. The summed E-state index contributed by atoms with van der Waals surface area (Å²) >= 11 is 8.28. The SMILES string of the molecule is CCCCNC(=O)Cn1c(-c2cccc(Cl)c2)nc2ccc(I)cc2c1=O. The Morgan fingerprint density at radius 2 is 2.07 bits per heavy atom. The van der Waals surface area contributed by atoms with Gasteiger partial charge in [0.25, 0.3) is 5.56 Å². The highest BCUT2D eigenvalue weighted by Gasteiger charge is 2.16. The molecule has 0 aliphatic carbocycles. The van der Waals surface area contributed by atoms with Gasteiger partial charge in [-0.25, -0.2) is 4.98 Å². The fourth-order valence-electron chi connectivity index (χ4n) is 2.79. The molecule has 140 valence electrons. The molecule has 0 unspecified atom stereocenters. The molecule has 0 spiro atoms. The van der Waals surface area contributed by atoms with Gasteiger partial charge in [-0.3, -0.25) is 14.2 Å². The Hall–Kier alpha value is -1.93. The number of nitrogens with zero attached hydrogens (tertiary/aromatic N) is 2. The van der Waals surface area contributed by atoms with Crippen LogP contribution in [0.1, 0.15) is 19.8 Å². The lowest BCUT2D eigenvalue weighted by atomic mass is 10.1. The average molecular weight is 496 g/mol. The van der Waals surface area contributed by atoms with E-state index < -0.39 is 0 Å². The standard InChI is InChI=1S/C20H19ClIN3O2/c1-2-3-9-23-18(26)12-25-19(13-5-4-6-14(21)10-13)24-17-8-7-15(22)11-16(17)20(25)27/h4-8,10-11H,2-3,9,12H2,1H3,(H,23,26). The zero-order valence-corrected chi connectivity index (χ0v) is 17.8. The van der Waals surface area contributed by atoms with E-state index in [1.54, 1.807) is 24.3 Å². The highest BCUT2D eigenvalue weighted by molar-refractivity contribution is 14.1. The van der Waals surface area contributed by atoms with Crippen LogP contribution in [-0.2, 0) is 11.3 Å². The molecule has 1 heterocycles. The molecule has 3 rings (SSSR count). The van der Waals surface area contributed by atoms with Crippen molar-refractivity contribution in [1.29, 1.82) is 0 Å². The largest absolute Gasteiger partial charge is 0.355 e. The number of aromatic nitrogens is 2. The summed E-state index contributed by atoms with van der Waals surface area (Å²) in [6, 6.07) is 12.6. The first-order chi connectivity index (χ1) is 13.0. The van der Waals surface area contributed by atoms with E-state index >= 15 is 0 Å². The summed E-state index contributed by atoms with van der Waals surface area (Å²) in [5.74, 6) is 0.224. The lowest BCUT2D eigenvalue weighted by Gasteiger charge is -2.14. The quantitative estimate of drug-likeness (QED) is 0.411. The van der Waals surface area contributed by atoms with Crippen LogP contribution >= 0.6 is 34.2 Å². The molecule has 0 saturated heterocycles. The fourth-order valence-corrected chi connectivity index (χ4v) is 3.47. The van der Waals surface area contributed by atoms with Gasteiger partial charge in [0.15, 0.2) is 0 Å². The lowest BCUT2D eigenvalue weighted by molar-refractivity contribution is -0.121. The molecule has 1 aromatic heterocycles. The van der Waals surface area contributed by atoms with Crippen molar-refractivity contribution < 1.29 is 4.79 Å². The number of carbonyl (C=O) groups excluding carboxylic acids is 1. The zero-order chi connectivity index (χ0) is 19.4. The second-order valence-electron chi connectivity index (χ2n) is 6.20. The highest BCUT2D eigenvalue weighted by atomic mass is 127. The van der Waals surface area contributed by atoms with Crippen molar-refractivity contribution in [3.63, 3.8) is 0 Å². The number of rotatable bonds is 6.